The highest BCUT2D eigenvalue weighted by atomic mass is 35.5. The smallest absolute Gasteiger partial charge is 0.348 e. The zero-order valence-electron chi connectivity index (χ0n) is 16.7. The molecule has 0 spiro atoms. The lowest BCUT2D eigenvalue weighted by atomic mass is 10.1. The van der Waals surface area contributed by atoms with Crippen molar-refractivity contribution in [2.75, 3.05) is 19.0 Å². The van der Waals surface area contributed by atoms with Gasteiger partial charge in [-0.25, -0.2) is 9.59 Å². The molecule has 0 atom stereocenters. The molecule has 0 saturated carbocycles. The number of nitrogens with one attached hydrogen (secondary N) is 1. The Bertz CT molecular complexity index is 1170. The van der Waals surface area contributed by atoms with Crippen molar-refractivity contribution >= 4 is 57.4 Å². The molecule has 162 valence electrons. The number of methoxy groups -OCH3 is 1. The second kappa shape index (κ2) is 9.55. The number of carbonyl (C=O) groups excluding carboxylic acids is 3. The van der Waals surface area contributed by atoms with E-state index in [2.05, 4.69) is 5.32 Å². The van der Waals surface area contributed by atoms with E-state index in [0.29, 0.717) is 26.9 Å². The summed E-state index contributed by atoms with van der Waals surface area (Å²) < 4.78 is 15.5. The number of rotatable bonds is 6. The van der Waals surface area contributed by atoms with Gasteiger partial charge in [0, 0.05) is 5.56 Å². The number of carbonyl (C=O) groups is 3. The summed E-state index contributed by atoms with van der Waals surface area (Å²) in [6, 6.07) is 8.10. The predicted octanol–water partition coefficient (Wildman–Crippen LogP) is 5.84. The summed E-state index contributed by atoms with van der Waals surface area (Å²) >= 11 is 13.2. The SMILES string of the molecule is CCOC(=O)c1c(NC(=O)c2ccc(-c3cccc(Cl)c3Cl)o2)sc(C(=O)OC)c1C. The Morgan fingerprint density at radius 1 is 1.13 bits per heavy atom. The Balaban J connectivity index is 1.93. The van der Waals surface area contributed by atoms with E-state index in [0.717, 1.165) is 11.3 Å². The predicted molar refractivity (Wildman–Crippen MR) is 118 cm³/mol. The third-order valence-corrected chi connectivity index (χ3v) is 6.28. The number of halogens is 2. The number of anilines is 1. The van der Waals surface area contributed by atoms with Crippen LogP contribution in [0.1, 0.15) is 43.1 Å². The molecule has 1 aromatic carbocycles. The lowest BCUT2D eigenvalue weighted by Gasteiger charge is -2.06. The molecule has 1 amide bonds. The highest BCUT2D eigenvalue weighted by Crippen LogP contribution is 2.36. The van der Waals surface area contributed by atoms with Crippen molar-refractivity contribution in [3.63, 3.8) is 0 Å². The Hall–Kier alpha value is -2.81. The van der Waals surface area contributed by atoms with Gasteiger partial charge >= 0.3 is 11.9 Å². The molecule has 0 aliphatic heterocycles. The van der Waals surface area contributed by atoms with Crippen molar-refractivity contribution in [1.29, 1.82) is 0 Å². The number of ether oxygens (including phenoxy) is 2. The van der Waals surface area contributed by atoms with Crippen LogP contribution in [0.3, 0.4) is 0 Å². The van der Waals surface area contributed by atoms with Crippen molar-refractivity contribution in [1.82, 2.24) is 0 Å². The molecule has 31 heavy (non-hydrogen) atoms. The van der Waals surface area contributed by atoms with Crippen LogP contribution in [0.5, 0.6) is 0 Å². The molecule has 3 aromatic rings. The van der Waals surface area contributed by atoms with E-state index in [1.54, 1.807) is 38.1 Å². The van der Waals surface area contributed by atoms with Gasteiger partial charge < -0.3 is 19.2 Å². The summed E-state index contributed by atoms with van der Waals surface area (Å²) in [6.07, 6.45) is 0. The molecule has 0 radical (unpaired) electrons. The summed E-state index contributed by atoms with van der Waals surface area (Å²) in [5.41, 5.74) is 0.974. The Kier molecular flexibility index (Phi) is 7.04. The largest absolute Gasteiger partial charge is 0.465 e. The minimum Gasteiger partial charge on any atom is -0.465 e. The molecular weight excluding hydrogens is 465 g/mol. The monoisotopic (exact) mass is 481 g/mol. The van der Waals surface area contributed by atoms with Crippen molar-refractivity contribution in [2.45, 2.75) is 13.8 Å². The molecule has 1 N–H and O–H groups in total. The Morgan fingerprint density at radius 3 is 2.55 bits per heavy atom. The van der Waals surface area contributed by atoms with Crippen LogP contribution in [-0.4, -0.2) is 31.6 Å². The van der Waals surface area contributed by atoms with Gasteiger partial charge in [-0.15, -0.1) is 11.3 Å². The fraction of sp³-hybridized carbons (Fsp3) is 0.190. The van der Waals surface area contributed by atoms with Gasteiger partial charge in [0.15, 0.2) is 5.76 Å². The number of thiophene rings is 1. The second-order valence-electron chi connectivity index (χ2n) is 6.19. The third kappa shape index (κ3) is 4.61. The number of hydrogen-bond donors (Lipinski definition) is 1. The third-order valence-electron chi connectivity index (χ3n) is 4.27. The van der Waals surface area contributed by atoms with Crippen LogP contribution in [0.25, 0.3) is 11.3 Å². The molecule has 0 unspecified atom stereocenters. The molecule has 10 heteroatoms. The topological polar surface area (TPSA) is 94.8 Å². The van der Waals surface area contributed by atoms with Gasteiger partial charge in [0.2, 0.25) is 0 Å². The Labute approximate surface area is 191 Å². The highest BCUT2D eigenvalue weighted by molar-refractivity contribution is 7.18. The fourth-order valence-corrected chi connectivity index (χ4v) is 4.30. The maximum absolute atomic E-state index is 12.8. The van der Waals surface area contributed by atoms with Gasteiger partial charge in [-0.3, -0.25) is 4.79 Å². The minimum atomic E-state index is -0.660. The average molecular weight is 482 g/mol. The molecule has 2 heterocycles. The van der Waals surface area contributed by atoms with Crippen molar-refractivity contribution < 1.29 is 28.3 Å². The van der Waals surface area contributed by atoms with E-state index in [1.807, 2.05) is 0 Å². The van der Waals surface area contributed by atoms with Gasteiger partial charge in [0.25, 0.3) is 5.91 Å². The van der Waals surface area contributed by atoms with Crippen LogP contribution < -0.4 is 5.32 Å². The number of furan rings is 1. The van der Waals surface area contributed by atoms with E-state index in [9.17, 15) is 14.4 Å². The molecule has 0 aliphatic carbocycles. The van der Waals surface area contributed by atoms with Gasteiger partial charge in [-0.2, -0.15) is 0 Å². The van der Waals surface area contributed by atoms with Crippen LogP contribution in [-0.2, 0) is 9.47 Å². The van der Waals surface area contributed by atoms with Crippen LogP contribution in [0.15, 0.2) is 34.7 Å². The zero-order valence-corrected chi connectivity index (χ0v) is 19.0. The maximum atomic E-state index is 12.8. The first-order valence-corrected chi connectivity index (χ1v) is 10.6. The number of benzene rings is 1. The van der Waals surface area contributed by atoms with Gasteiger partial charge in [-0.05, 0) is 43.7 Å². The molecule has 0 aliphatic rings. The number of hydrogen-bond acceptors (Lipinski definition) is 7. The second-order valence-corrected chi connectivity index (χ2v) is 8.00. The first-order chi connectivity index (χ1) is 14.8. The fourth-order valence-electron chi connectivity index (χ4n) is 2.80. The van der Waals surface area contributed by atoms with Crippen LogP contribution in [0, 0.1) is 6.92 Å². The maximum Gasteiger partial charge on any atom is 0.348 e. The minimum absolute atomic E-state index is 0.0217. The van der Waals surface area contributed by atoms with Crippen molar-refractivity contribution in [2.24, 2.45) is 0 Å². The van der Waals surface area contributed by atoms with Crippen molar-refractivity contribution in [3.05, 3.63) is 62.1 Å². The lowest BCUT2D eigenvalue weighted by molar-refractivity contribution is 0.0527. The van der Waals surface area contributed by atoms with E-state index in [-0.39, 0.29) is 27.8 Å². The highest BCUT2D eigenvalue weighted by Gasteiger charge is 2.28. The summed E-state index contributed by atoms with van der Waals surface area (Å²) in [5, 5.41) is 3.42. The molecule has 2 aromatic heterocycles. The number of esters is 2. The van der Waals surface area contributed by atoms with E-state index >= 15 is 0 Å². The molecule has 3 rings (SSSR count). The summed E-state index contributed by atoms with van der Waals surface area (Å²) in [6.45, 7) is 3.37. The summed E-state index contributed by atoms with van der Waals surface area (Å²) in [4.78, 5) is 37.4. The zero-order chi connectivity index (χ0) is 22.7. The molecule has 0 saturated heterocycles. The summed E-state index contributed by atoms with van der Waals surface area (Å²) in [5.74, 6) is -1.57. The first kappa shape index (κ1) is 22.9. The lowest BCUT2D eigenvalue weighted by Crippen LogP contribution is -2.14. The summed E-state index contributed by atoms with van der Waals surface area (Å²) in [7, 11) is 1.23. The average Bonchev–Trinajstić information content (AvgIpc) is 3.35. The number of amides is 1. The molecule has 0 bridgehead atoms. The quantitative estimate of drug-likeness (QED) is 0.444. The normalized spacial score (nSPS) is 10.6. The molecule has 0 fully saturated rings. The van der Waals surface area contributed by atoms with Crippen LogP contribution in [0.4, 0.5) is 5.00 Å². The van der Waals surface area contributed by atoms with E-state index < -0.39 is 17.8 Å². The molecular formula is C21H17Cl2NO6S. The van der Waals surface area contributed by atoms with Gasteiger partial charge in [0.05, 0.1) is 29.3 Å². The molecule has 7 nitrogen and oxygen atoms in total. The van der Waals surface area contributed by atoms with Gasteiger partial charge in [0.1, 0.15) is 15.6 Å². The van der Waals surface area contributed by atoms with E-state index in [1.165, 1.54) is 13.2 Å². The van der Waals surface area contributed by atoms with E-state index in [4.69, 9.17) is 37.1 Å². The standard InChI is InChI=1S/C21H17Cl2NO6S/c1-4-29-20(26)15-10(2)17(21(27)28-3)31-19(15)24-18(25)14-9-8-13(30-14)11-6-5-7-12(22)16(11)23/h5-9H,4H2,1-3H3,(H,24,25). The van der Waals surface area contributed by atoms with Crippen LogP contribution >= 0.6 is 34.5 Å². The first-order valence-electron chi connectivity index (χ1n) is 9.02. The van der Waals surface area contributed by atoms with Gasteiger partial charge in [-0.1, -0.05) is 29.3 Å². The van der Waals surface area contributed by atoms with Crippen LogP contribution in [0.2, 0.25) is 10.0 Å². The Morgan fingerprint density at radius 2 is 1.87 bits per heavy atom. The van der Waals surface area contributed by atoms with Crippen molar-refractivity contribution in [3.8, 4) is 11.3 Å².